The molecule has 0 atom stereocenters. The van der Waals surface area contributed by atoms with Crippen molar-refractivity contribution in [2.75, 3.05) is 0 Å². The summed E-state index contributed by atoms with van der Waals surface area (Å²) in [6, 6.07) is 0. The zero-order chi connectivity index (χ0) is 12.7. The summed E-state index contributed by atoms with van der Waals surface area (Å²) in [4.78, 5) is 21.9. The van der Waals surface area contributed by atoms with Crippen molar-refractivity contribution in [1.29, 1.82) is 0 Å². The number of carbonyl (C=O) groups excluding carboxylic acids is 2. The molecule has 0 N–H and O–H groups in total. The smallest absolute Gasteiger partial charge is 0.132 e. The third-order valence-corrected chi connectivity index (χ3v) is 2.56. The van der Waals surface area contributed by atoms with Crippen LogP contribution in [0.25, 0.3) is 0 Å². The normalized spacial score (nSPS) is 10.5. The van der Waals surface area contributed by atoms with Gasteiger partial charge >= 0.3 is 0 Å². The Kier molecular flexibility index (Phi) is 5.52. The number of carbonyl (C=O) groups is 2. The summed E-state index contributed by atoms with van der Waals surface area (Å²) in [6.45, 7) is 4.15. The summed E-state index contributed by atoms with van der Waals surface area (Å²) < 4.78 is 1.73. The Morgan fingerprint density at radius 2 is 2.12 bits per heavy atom. The fourth-order valence-corrected chi connectivity index (χ4v) is 1.48. The number of aryl methyl sites for hydroxylation is 2. The van der Waals surface area contributed by atoms with Gasteiger partial charge in [0.05, 0.1) is 5.69 Å². The molecule has 0 unspecified atom stereocenters. The Hall–Kier alpha value is -1.52. The molecule has 0 bridgehead atoms. The zero-order valence-corrected chi connectivity index (χ0v) is 10.5. The van der Waals surface area contributed by atoms with Crippen LogP contribution in [-0.4, -0.2) is 26.6 Å². The van der Waals surface area contributed by atoms with Crippen molar-refractivity contribution in [3.63, 3.8) is 0 Å². The molecule has 94 valence electrons. The molecule has 0 spiro atoms. The molecular formula is C12H19N3O2. The van der Waals surface area contributed by atoms with Crippen molar-refractivity contribution in [2.24, 2.45) is 0 Å². The van der Waals surface area contributed by atoms with Crippen molar-refractivity contribution in [2.45, 2.75) is 52.5 Å². The Balaban J connectivity index is 2.30. The number of ketones is 2. The lowest BCUT2D eigenvalue weighted by Gasteiger charge is -1.98. The van der Waals surface area contributed by atoms with E-state index in [1.807, 2.05) is 13.1 Å². The molecule has 0 aliphatic rings. The topological polar surface area (TPSA) is 64.8 Å². The second-order valence-electron chi connectivity index (χ2n) is 4.17. The molecule has 17 heavy (non-hydrogen) atoms. The van der Waals surface area contributed by atoms with E-state index in [0.717, 1.165) is 12.1 Å². The Labute approximate surface area is 101 Å². The minimum Gasteiger partial charge on any atom is -0.300 e. The van der Waals surface area contributed by atoms with Crippen LogP contribution in [0.3, 0.4) is 0 Å². The molecular weight excluding hydrogens is 218 g/mol. The summed E-state index contributed by atoms with van der Waals surface area (Å²) in [5, 5.41) is 7.94. The first-order valence-corrected chi connectivity index (χ1v) is 6.02. The molecule has 0 fully saturated rings. The van der Waals surface area contributed by atoms with Crippen LogP contribution < -0.4 is 0 Å². The lowest BCUT2D eigenvalue weighted by molar-refractivity contribution is -0.119. The lowest BCUT2D eigenvalue weighted by Crippen LogP contribution is -2.02. The molecule has 1 rings (SSSR count). The van der Waals surface area contributed by atoms with Gasteiger partial charge in [-0.3, -0.25) is 9.48 Å². The van der Waals surface area contributed by atoms with Crippen LogP contribution in [0, 0.1) is 0 Å². The van der Waals surface area contributed by atoms with E-state index in [-0.39, 0.29) is 11.6 Å². The summed E-state index contributed by atoms with van der Waals surface area (Å²) in [5.41, 5.74) is 0.835. The van der Waals surface area contributed by atoms with Gasteiger partial charge in [0.15, 0.2) is 0 Å². The highest BCUT2D eigenvalue weighted by Gasteiger charge is 2.03. The highest BCUT2D eigenvalue weighted by Crippen LogP contribution is 2.01. The summed E-state index contributed by atoms with van der Waals surface area (Å²) >= 11 is 0. The molecule has 0 radical (unpaired) electrons. The first-order valence-electron chi connectivity index (χ1n) is 6.02. The fraction of sp³-hybridized carbons (Fsp3) is 0.667. The maximum absolute atomic E-state index is 11.1. The predicted octanol–water partition coefficient (Wildman–Crippen LogP) is 1.56. The van der Waals surface area contributed by atoms with Gasteiger partial charge < -0.3 is 4.79 Å². The lowest BCUT2D eigenvalue weighted by atomic mass is 10.2. The van der Waals surface area contributed by atoms with E-state index in [1.165, 1.54) is 0 Å². The van der Waals surface area contributed by atoms with Crippen LogP contribution in [0.1, 0.15) is 45.2 Å². The highest BCUT2D eigenvalue weighted by molar-refractivity contribution is 5.77. The van der Waals surface area contributed by atoms with Gasteiger partial charge in [0.25, 0.3) is 0 Å². The van der Waals surface area contributed by atoms with Crippen LogP contribution in [0.4, 0.5) is 0 Å². The maximum Gasteiger partial charge on any atom is 0.132 e. The Bertz CT molecular complexity index is 385. The number of aromatic nitrogens is 3. The van der Waals surface area contributed by atoms with Crippen LogP contribution in [0.15, 0.2) is 6.20 Å². The van der Waals surface area contributed by atoms with Gasteiger partial charge in [-0.2, -0.15) is 0 Å². The molecule has 0 saturated carbocycles. The summed E-state index contributed by atoms with van der Waals surface area (Å²) in [7, 11) is 0. The van der Waals surface area contributed by atoms with E-state index in [2.05, 4.69) is 10.3 Å². The van der Waals surface area contributed by atoms with Crippen LogP contribution in [-0.2, 0) is 22.6 Å². The molecule has 0 amide bonds. The van der Waals surface area contributed by atoms with Crippen molar-refractivity contribution < 1.29 is 9.59 Å². The number of hydrogen-bond donors (Lipinski definition) is 0. The molecule has 1 aromatic rings. The van der Waals surface area contributed by atoms with Gasteiger partial charge in [0, 0.05) is 32.0 Å². The number of nitrogens with zero attached hydrogens (tertiary/aromatic N) is 3. The average Bonchev–Trinajstić information content (AvgIpc) is 2.74. The Morgan fingerprint density at radius 3 is 2.76 bits per heavy atom. The molecule has 5 heteroatoms. The molecule has 5 nitrogen and oxygen atoms in total. The summed E-state index contributed by atoms with van der Waals surface area (Å²) in [5.74, 6) is 0.440. The molecule has 0 aromatic carbocycles. The molecule has 1 heterocycles. The summed E-state index contributed by atoms with van der Waals surface area (Å²) in [6.07, 6.45) is 4.98. The van der Waals surface area contributed by atoms with Gasteiger partial charge in [-0.25, -0.2) is 0 Å². The fourth-order valence-electron chi connectivity index (χ4n) is 1.48. The van der Waals surface area contributed by atoms with Crippen molar-refractivity contribution in [3.8, 4) is 0 Å². The number of hydrogen-bond acceptors (Lipinski definition) is 4. The van der Waals surface area contributed by atoms with Gasteiger partial charge in [-0.15, -0.1) is 5.10 Å². The second-order valence-corrected chi connectivity index (χ2v) is 4.17. The quantitative estimate of drug-likeness (QED) is 0.688. The minimum atomic E-state index is 0.160. The van der Waals surface area contributed by atoms with E-state index < -0.39 is 0 Å². The van der Waals surface area contributed by atoms with Crippen LogP contribution >= 0.6 is 0 Å². The van der Waals surface area contributed by atoms with E-state index in [1.54, 1.807) is 11.6 Å². The first kappa shape index (κ1) is 13.5. The maximum atomic E-state index is 11.1. The van der Waals surface area contributed by atoms with Gasteiger partial charge in [-0.05, 0) is 19.8 Å². The highest BCUT2D eigenvalue weighted by atomic mass is 16.1. The van der Waals surface area contributed by atoms with E-state index >= 15 is 0 Å². The van der Waals surface area contributed by atoms with Gasteiger partial charge in [-0.1, -0.05) is 12.1 Å². The SMILES string of the molecule is CCC(=O)CCCn1cc(CCC(C)=O)nn1. The Morgan fingerprint density at radius 1 is 1.35 bits per heavy atom. The van der Waals surface area contributed by atoms with Crippen LogP contribution in [0.5, 0.6) is 0 Å². The number of Topliss-reactive ketones (excluding diaryl/α,β-unsaturated/α-hetero) is 2. The van der Waals surface area contributed by atoms with Crippen molar-refractivity contribution >= 4 is 11.6 Å². The number of rotatable bonds is 8. The van der Waals surface area contributed by atoms with E-state index in [9.17, 15) is 9.59 Å². The van der Waals surface area contributed by atoms with E-state index in [0.29, 0.717) is 32.2 Å². The predicted molar refractivity (Wildman–Crippen MR) is 63.6 cm³/mol. The first-order chi connectivity index (χ1) is 8.11. The molecule has 0 aliphatic heterocycles. The molecule has 0 aliphatic carbocycles. The van der Waals surface area contributed by atoms with Gasteiger partial charge in [0.2, 0.25) is 0 Å². The third kappa shape index (κ3) is 5.38. The average molecular weight is 237 g/mol. The third-order valence-electron chi connectivity index (χ3n) is 2.56. The second kappa shape index (κ2) is 6.93. The molecule has 0 saturated heterocycles. The van der Waals surface area contributed by atoms with Crippen molar-refractivity contribution in [3.05, 3.63) is 11.9 Å². The van der Waals surface area contributed by atoms with Crippen molar-refractivity contribution in [1.82, 2.24) is 15.0 Å². The van der Waals surface area contributed by atoms with E-state index in [4.69, 9.17) is 0 Å². The molecule has 1 aromatic heterocycles. The standard InChI is InChI=1S/C12H19N3O2/c1-3-12(17)5-4-8-15-9-11(13-14-15)7-6-10(2)16/h9H,3-8H2,1-2H3. The van der Waals surface area contributed by atoms with Gasteiger partial charge in [0.1, 0.15) is 11.6 Å². The zero-order valence-electron chi connectivity index (χ0n) is 10.5. The largest absolute Gasteiger partial charge is 0.300 e. The minimum absolute atomic E-state index is 0.160. The monoisotopic (exact) mass is 237 g/mol. The van der Waals surface area contributed by atoms with Crippen LogP contribution in [0.2, 0.25) is 0 Å².